The molecule has 8 heavy (non-hydrogen) atoms. The summed E-state index contributed by atoms with van der Waals surface area (Å²) < 4.78 is 0. The number of hydrogen-bond donors (Lipinski definition) is 1. The van der Waals surface area contributed by atoms with Gasteiger partial charge in [-0.05, 0) is 6.08 Å². The van der Waals surface area contributed by atoms with Crippen molar-refractivity contribution in [1.29, 1.82) is 0 Å². The smallest absolute Gasteiger partial charge is 0.0523 e. The van der Waals surface area contributed by atoms with Crippen LogP contribution in [0.4, 0.5) is 0 Å². The van der Waals surface area contributed by atoms with Crippen LogP contribution in [0.25, 0.3) is 0 Å². The molecule has 1 heterocycles. The minimum Gasteiger partial charge on any atom is -0.379 e. The lowest BCUT2D eigenvalue weighted by atomic mass is 10.4. The molecule has 1 aliphatic rings. The van der Waals surface area contributed by atoms with E-state index in [0.717, 1.165) is 12.2 Å². The Morgan fingerprint density at radius 3 is 3.12 bits per heavy atom. The van der Waals surface area contributed by atoms with E-state index in [1.54, 1.807) is 12.3 Å². The minimum absolute atomic E-state index is 0.817. The highest BCUT2D eigenvalue weighted by atomic mass is 14.9. The van der Waals surface area contributed by atoms with Crippen LogP contribution in [0, 0.1) is 0 Å². The zero-order valence-electron chi connectivity index (χ0n) is 4.59. The van der Waals surface area contributed by atoms with Gasteiger partial charge in [-0.3, -0.25) is 4.99 Å². The van der Waals surface area contributed by atoms with Crippen molar-refractivity contribution >= 4 is 6.21 Å². The second-order valence-electron chi connectivity index (χ2n) is 1.50. The van der Waals surface area contributed by atoms with Crippen LogP contribution in [-0.4, -0.2) is 12.8 Å². The molecule has 1 N–H and O–H groups in total. The molecule has 1 aliphatic heterocycles. The van der Waals surface area contributed by atoms with Crippen molar-refractivity contribution in [3.05, 3.63) is 24.6 Å². The van der Waals surface area contributed by atoms with E-state index >= 15 is 0 Å². The molecule has 0 bridgehead atoms. The average molecular weight is 108 g/mol. The summed E-state index contributed by atoms with van der Waals surface area (Å²) in [5.41, 5.74) is 0.993. The molecule has 0 spiro atoms. The quantitative estimate of drug-likeness (QED) is 0.525. The Kier molecular flexibility index (Phi) is 1.47. The van der Waals surface area contributed by atoms with Crippen LogP contribution in [0.3, 0.4) is 0 Å². The highest BCUT2D eigenvalue weighted by molar-refractivity contribution is 5.62. The van der Waals surface area contributed by atoms with Crippen molar-refractivity contribution in [2.75, 3.05) is 6.54 Å². The summed E-state index contributed by atoms with van der Waals surface area (Å²) in [6, 6.07) is 0. The van der Waals surface area contributed by atoms with Gasteiger partial charge in [0.15, 0.2) is 0 Å². The largest absolute Gasteiger partial charge is 0.379 e. The first kappa shape index (κ1) is 5.09. The van der Waals surface area contributed by atoms with Crippen LogP contribution in [0.2, 0.25) is 0 Å². The lowest BCUT2D eigenvalue weighted by Gasteiger charge is -2.04. The lowest BCUT2D eigenvalue weighted by Crippen LogP contribution is -2.16. The second kappa shape index (κ2) is 2.31. The molecule has 0 radical (unpaired) electrons. The zero-order chi connectivity index (χ0) is 5.82. The van der Waals surface area contributed by atoms with Crippen LogP contribution in [-0.2, 0) is 0 Å². The van der Waals surface area contributed by atoms with Gasteiger partial charge in [0.25, 0.3) is 0 Å². The highest BCUT2D eigenvalue weighted by Crippen LogP contribution is 1.91. The molecule has 2 heteroatoms. The van der Waals surface area contributed by atoms with E-state index in [2.05, 4.69) is 16.9 Å². The number of nitrogens with zero attached hydrogens (tertiary/aromatic N) is 1. The molecular formula is C6H8N2. The Labute approximate surface area is 48.6 Å². The molecule has 0 saturated carbocycles. The molecule has 42 valence electrons. The molecule has 0 aromatic carbocycles. The monoisotopic (exact) mass is 108 g/mol. The first-order valence-electron chi connectivity index (χ1n) is 2.51. The Morgan fingerprint density at radius 2 is 2.75 bits per heavy atom. The fourth-order valence-electron chi connectivity index (χ4n) is 0.520. The number of rotatable bonds is 1. The van der Waals surface area contributed by atoms with Gasteiger partial charge in [0.05, 0.1) is 12.2 Å². The zero-order valence-corrected chi connectivity index (χ0v) is 4.59. The molecule has 2 nitrogen and oxygen atoms in total. The molecule has 0 aromatic heterocycles. The van der Waals surface area contributed by atoms with Gasteiger partial charge in [-0.15, -0.1) is 0 Å². The SMILES string of the molecule is C=CC1=CN=CCN1. The first-order valence-corrected chi connectivity index (χ1v) is 2.51. The fraction of sp³-hybridized carbons (Fsp3) is 0.167. The van der Waals surface area contributed by atoms with Crippen molar-refractivity contribution in [1.82, 2.24) is 5.32 Å². The van der Waals surface area contributed by atoms with Gasteiger partial charge in [0.2, 0.25) is 0 Å². The van der Waals surface area contributed by atoms with E-state index in [1.165, 1.54) is 0 Å². The molecule has 0 saturated heterocycles. The van der Waals surface area contributed by atoms with Gasteiger partial charge in [0.1, 0.15) is 0 Å². The Balaban J connectivity index is 2.63. The minimum atomic E-state index is 0.817. The fourth-order valence-corrected chi connectivity index (χ4v) is 0.520. The summed E-state index contributed by atoms with van der Waals surface area (Å²) in [6.07, 6.45) is 5.31. The van der Waals surface area contributed by atoms with Gasteiger partial charge in [-0.1, -0.05) is 6.58 Å². The second-order valence-corrected chi connectivity index (χ2v) is 1.50. The number of allylic oxidation sites excluding steroid dienone is 1. The normalized spacial score (nSPS) is 16.8. The van der Waals surface area contributed by atoms with E-state index in [4.69, 9.17) is 0 Å². The van der Waals surface area contributed by atoms with Gasteiger partial charge in [-0.25, -0.2) is 0 Å². The summed E-state index contributed by atoms with van der Waals surface area (Å²) in [4.78, 5) is 3.91. The Hall–Kier alpha value is -1.05. The van der Waals surface area contributed by atoms with E-state index in [9.17, 15) is 0 Å². The molecule has 1 rings (SSSR count). The summed E-state index contributed by atoms with van der Waals surface area (Å²) >= 11 is 0. The topological polar surface area (TPSA) is 24.4 Å². The maximum Gasteiger partial charge on any atom is 0.0523 e. The first-order chi connectivity index (χ1) is 3.93. The van der Waals surface area contributed by atoms with Crippen molar-refractivity contribution in [3.63, 3.8) is 0 Å². The van der Waals surface area contributed by atoms with E-state index in [1.807, 2.05) is 6.21 Å². The molecule has 0 aliphatic carbocycles. The summed E-state index contributed by atoms with van der Waals surface area (Å²) in [7, 11) is 0. The molecule has 0 fully saturated rings. The third kappa shape index (κ3) is 0.964. The molecule has 0 aromatic rings. The lowest BCUT2D eigenvalue weighted by molar-refractivity contribution is 0.949. The van der Waals surface area contributed by atoms with Crippen LogP contribution in [0.1, 0.15) is 0 Å². The Morgan fingerprint density at radius 1 is 1.88 bits per heavy atom. The van der Waals surface area contributed by atoms with E-state index in [0.29, 0.717) is 0 Å². The maximum atomic E-state index is 3.91. The summed E-state index contributed by atoms with van der Waals surface area (Å²) in [6.45, 7) is 4.40. The molecule has 0 unspecified atom stereocenters. The summed E-state index contributed by atoms with van der Waals surface area (Å²) in [5.74, 6) is 0. The predicted octanol–water partition coefficient (Wildman–Crippen LogP) is 0.688. The third-order valence-corrected chi connectivity index (χ3v) is 0.936. The molecular weight excluding hydrogens is 100 g/mol. The third-order valence-electron chi connectivity index (χ3n) is 0.936. The van der Waals surface area contributed by atoms with E-state index in [-0.39, 0.29) is 0 Å². The Bertz CT molecular complexity index is 145. The van der Waals surface area contributed by atoms with Gasteiger partial charge in [-0.2, -0.15) is 0 Å². The van der Waals surface area contributed by atoms with Crippen molar-refractivity contribution in [2.24, 2.45) is 4.99 Å². The predicted molar refractivity (Wildman–Crippen MR) is 34.8 cm³/mol. The standard InChI is InChI=1S/C6H8N2/c1-2-6-5-7-3-4-8-6/h2-3,5,8H,1,4H2. The van der Waals surface area contributed by atoms with Crippen molar-refractivity contribution in [2.45, 2.75) is 0 Å². The van der Waals surface area contributed by atoms with Crippen molar-refractivity contribution < 1.29 is 0 Å². The van der Waals surface area contributed by atoms with Crippen LogP contribution < -0.4 is 5.32 Å². The van der Waals surface area contributed by atoms with Gasteiger partial charge in [0, 0.05) is 12.4 Å². The van der Waals surface area contributed by atoms with Crippen LogP contribution in [0.5, 0.6) is 0 Å². The number of aliphatic imine (C=N–C) groups is 1. The molecule has 0 atom stereocenters. The number of nitrogens with one attached hydrogen (secondary N) is 1. The van der Waals surface area contributed by atoms with Crippen LogP contribution in [0.15, 0.2) is 29.5 Å². The van der Waals surface area contributed by atoms with Gasteiger partial charge >= 0.3 is 0 Å². The van der Waals surface area contributed by atoms with E-state index < -0.39 is 0 Å². The van der Waals surface area contributed by atoms with Gasteiger partial charge < -0.3 is 5.32 Å². The maximum absolute atomic E-state index is 3.91. The number of hydrogen-bond acceptors (Lipinski definition) is 2. The van der Waals surface area contributed by atoms with Crippen molar-refractivity contribution in [3.8, 4) is 0 Å². The highest BCUT2D eigenvalue weighted by Gasteiger charge is 1.89. The molecule has 0 amide bonds. The summed E-state index contributed by atoms with van der Waals surface area (Å²) in [5, 5.41) is 3.06. The average Bonchev–Trinajstić information content (AvgIpc) is 1.90. The van der Waals surface area contributed by atoms with Crippen LogP contribution >= 0.6 is 0 Å².